The van der Waals surface area contributed by atoms with Gasteiger partial charge in [-0.1, -0.05) is 20.8 Å². The van der Waals surface area contributed by atoms with Crippen LogP contribution in [0.2, 0.25) is 0 Å². The molecular weight excluding hydrogens is 250 g/mol. The first-order valence-corrected chi connectivity index (χ1v) is 6.89. The van der Waals surface area contributed by atoms with E-state index in [0.29, 0.717) is 6.42 Å². The number of nitrogens with one attached hydrogen (secondary N) is 1. The van der Waals surface area contributed by atoms with Crippen molar-refractivity contribution in [2.45, 2.75) is 58.4 Å². The van der Waals surface area contributed by atoms with Crippen LogP contribution in [0.1, 0.15) is 52.8 Å². The molecule has 0 saturated carbocycles. The summed E-state index contributed by atoms with van der Waals surface area (Å²) in [7, 11) is 0. The molecule has 0 saturated heterocycles. The molecule has 1 aromatic heterocycles. The molecule has 5 nitrogen and oxygen atoms in total. The van der Waals surface area contributed by atoms with Crippen molar-refractivity contribution in [3.8, 4) is 0 Å². The van der Waals surface area contributed by atoms with E-state index in [1.54, 1.807) is 0 Å². The summed E-state index contributed by atoms with van der Waals surface area (Å²) < 4.78 is 4.32. The van der Waals surface area contributed by atoms with Gasteiger partial charge in [0.2, 0.25) is 5.13 Å². The third-order valence-corrected chi connectivity index (χ3v) is 3.14. The number of carboxylic acids is 1. The molecule has 0 aliphatic heterocycles. The lowest BCUT2D eigenvalue weighted by Crippen LogP contribution is -2.16. The van der Waals surface area contributed by atoms with Gasteiger partial charge in [-0.25, -0.2) is 4.98 Å². The predicted molar refractivity (Wildman–Crippen MR) is 73.2 cm³/mol. The average Bonchev–Trinajstić information content (AvgIpc) is 2.64. The summed E-state index contributed by atoms with van der Waals surface area (Å²) in [4.78, 5) is 14.9. The van der Waals surface area contributed by atoms with E-state index in [1.807, 2.05) is 6.92 Å². The minimum Gasteiger partial charge on any atom is -0.481 e. The molecule has 0 fully saturated rings. The average molecular weight is 271 g/mol. The summed E-state index contributed by atoms with van der Waals surface area (Å²) in [6.45, 7) is 8.26. The fraction of sp³-hybridized carbons (Fsp3) is 0.750. The number of nitrogens with zero attached hydrogens (tertiary/aromatic N) is 2. The first-order chi connectivity index (χ1) is 8.29. The normalized spacial score (nSPS) is 13.3. The number of anilines is 1. The van der Waals surface area contributed by atoms with Crippen LogP contribution >= 0.6 is 11.5 Å². The number of hydrogen-bond acceptors (Lipinski definition) is 5. The van der Waals surface area contributed by atoms with E-state index in [0.717, 1.165) is 17.4 Å². The lowest BCUT2D eigenvalue weighted by Gasteiger charge is -2.13. The van der Waals surface area contributed by atoms with Crippen LogP contribution in [0, 0.1) is 0 Å². The maximum atomic E-state index is 10.4. The molecule has 1 unspecified atom stereocenters. The molecule has 6 heteroatoms. The van der Waals surface area contributed by atoms with Crippen LogP contribution < -0.4 is 5.32 Å². The van der Waals surface area contributed by atoms with Crippen molar-refractivity contribution in [2.24, 2.45) is 0 Å². The van der Waals surface area contributed by atoms with E-state index < -0.39 is 5.97 Å². The van der Waals surface area contributed by atoms with Gasteiger partial charge in [-0.15, -0.1) is 0 Å². The maximum Gasteiger partial charge on any atom is 0.303 e. The van der Waals surface area contributed by atoms with Gasteiger partial charge >= 0.3 is 5.97 Å². The molecule has 0 bridgehead atoms. The SMILES string of the molecule is CC(CCCC(=O)O)Nc1nc(C(C)(C)C)ns1. The van der Waals surface area contributed by atoms with Gasteiger partial charge in [0.05, 0.1) is 0 Å². The lowest BCUT2D eigenvalue weighted by atomic mass is 9.96. The van der Waals surface area contributed by atoms with Crippen molar-refractivity contribution in [2.75, 3.05) is 5.32 Å². The Morgan fingerprint density at radius 2 is 2.17 bits per heavy atom. The Morgan fingerprint density at radius 3 is 2.67 bits per heavy atom. The molecular formula is C12H21N3O2S. The van der Waals surface area contributed by atoms with Crippen LogP contribution in [-0.4, -0.2) is 26.5 Å². The maximum absolute atomic E-state index is 10.4. The number of carbonyl (C=O) groups is 1. The Labute approximate surface area is 112 Å². The Hall–Kier alpha value is -1.17. The largest absolute Gasteiger partial charge is 0.481 e. The number of carboxylic acid groups (broad SMARTS) is 1. The number of rotatable bonds is 6. The van der Waals surface area contributed by atoms with E-state index in [2.05, 4.69) is 35.4 Å². The van der Waals surface area contributed by atoms with E-state index in [9.17, 15) is 4.79 Å². The molecule has 1 atom stereocenters. The van der Waals surface area contributed by atoms with E-state index >= 15 is 0 Å². The minimum absolute atomic E-state index is 0.0387. The number of hydrogen-bond donors (Lipinski definition) is 2. The van der Waals surface area contributed by atoms with Gasteiger partial charge in [0, 0.05) is 29.4 Å². The van der Waals surface area contributed by atoms with Crippen LogP contribution in [0.25, 0.3) is 0 Å². The molecule has 0 aliphatic carbocycles. The molecule has 18 heavy (non-hydrogen) atoms. The van der Waals surface area contributed by atoms with Gasteiger partial charge in [-0.3, -0.25) is 4.79 Å². The molecule has 102 valence electrons. The summed E-state index contributed by atoms with van der Waals surface area (Å²) >= 11 is 1.36. The predicted octanol–water partition coefficient (Wildman–Crippen LogP) is 2.89. The minimum atomic E-state index is -0.742. The second-order valence-electron chi connectivity index (χ2n) is 5.50. The van der Waals surface area contributed by atoms with Crippen LogP contribution in [0.15, 0.2) is 0 Å². The second kappa shape index (κ2) is 6.13. The van der Waals surface area contributed by atoms with Crippen molar-refractivity contribution in [3.63, 3.8) is 0 Å². The zero-order chi connectivity index (χ0) is 13.8. The van der Waals surface area contributed by atoms with Crippen molar-refractivity contribution in [1.82, 2.24) is 9.36 Å². The monoisotopic (exact) mass is 271 g/mol. The standard InChI is InChI=1S/C12H21N3O2S/c1-8(6-5-7-9(16)17)13-11-14-10(15-18-11)12(2,3)4/h8H,5-7H2,1-4H3,(H,16,17)(H,13,14,15). The highest BCUT2D eigenvalue weighted by atomic mass is 32.1. The molecule has 1 aromatic rings. The number of aliphatic carboxylic acids is 1. The highest BCUT2D eigenvalue weighted by Crippen LogP contribution is 2.23. The van der Waals surface area contributed by atoms with Crippen molar-refractivity contribution in [3.05, 3.63) is 5.82 Å². The lowest BCUT2D eigenvalue weighted by molar-refractivity contribution is -0.137. The van der Waals surface area contributed by atoms with Gasteiger partial charge in [-0.2, -0.15) is 4.37 Å². The quantitative estimate of drug-likeness (QED) is 0.832. The zero-order valence-corrected chi connectivity index (χ0v) is 12.2. The van der Waals surface area contributed by atoms with Crippen LogP contribution in [0.5, 0.6) is 0 Å². The molecule has 2 N–H and O–H groups in total. The van der Waals surface area contributed by atoms with E-state index in [4.69, 9.17) is 5.11 Å². The van der Waals surface area contributed by atoms with E-state index in [1.165, 1.54) is 11.5 Å². The molecule has 1 heterocycles. The molecule has 1 rings (SSSR count). The Morgan fingerprint density at radius 1 is 1.50 bits per heavy atom. The zero-order valence-electron chi connectivity index (χ0n) is 11.4. The first kappa shape index (κ1) is 14.9. The molecule has 0 radical (unpaired) electrons. The molecule has 0 amide bonds. The Kier molecular flexibility index (Phi) is 5.07. The highest BCUT2D eigenvalue weighted by Gasteiger charge is 2.19. The summed E-state index contributed by atoms with van der Waals surface area (Å²) in [6.07, 6.45) is 1.71. The van der Waals surface area contributed by atoms with Crippen molar-refractivity contribution >= 4 is 22.6 Å². The summed E-state index contributed by atoms with van der Waals surface area (Å²) in [5.41, 5.74) is -0.0387. The van der Waals surface area contributed by atoms with Crippen LogP contribution in [-0.2, 0) is 10.2 Å². The topological polar surface area (TPSA) is 75.1 Å². The molecule has 0 aliphatic rings. The van der Waals surface area contributed by atoms with Gasteiger partial charge in [0.25, 0.3) is 0 Å². The van der Waals surface area contributed by atoms with Gasteiger partial charge in [-0.05, 0) is 19.8 Å². The van der Waals surface area contributed by atoms with E-state index in [-0.39, 0.29) is 17.9 Å². The third kappa shape index (κ3) is 5.00. The summed E-state index contributed by atoms with van der Waals surface area (Å²) in [6, 6.07) is 0.213. The van der Waals surface area contributed by atoms with Crippen molar-refractivity contribution in [1.29, 1.82) is 0 Å². The van der Waals surface area contributed by atoms with Gasteiger partial charge in [0.1, 0.15) is 5.82 Å². The van der Waals surface area contributed by atoms with Gasteiger partial charge < -0.3 is 10.4 Å². The second-order valence-corrected chi connectivity index (χ2v) is 6.26. The summed E-state index contributed by atoms with van der Waals surface area (Å²) in [5, 5.41) is 12.6. The van der Waals surface area contributed by atoms with Crippen molar-refractivity contribution < 1.29 is 9.90 Å². The van der Waals surface area contributed by atoms with Crippen LogP contribution in [0.4, 0.5) is 5.13 Å². The first-order valence-electron chi connectivity index (χ1n) is 6.11. The fourth-order valence-electron chi connectivity index (χ4n) is 1.43. The smallest absolute Gasteiger partial charge is 0.303 e. The van der Waals surface area contributed by atoms with Crippen LogP contribution in [0.3, 0.4) is 0 Å². The number of aromatic nitrogens is 2. The molecule has 0 spiro atoms. The fourth-order valence-corrected chi connectivity index (χ4v) is 2.30. The highest BCUT2D eigenvalue weighted by molar-refractivity contribution is 7.09. The Bertz CT molecular complexity index is 398. The van der Waals surface area contributed by atoms with Gasteiger partial charge in [0.15, 0.2) is 0 Å². The summed E-state index contributed by atoms with van der Waals surface area (Å²) in [5.74, 6) is 0.0980. The Balaban J connectivity index is 2.42. The third-order valence-electron chi connectivity index (χ3n) is 2.49. The molecule has 0 aromatic carbocycles.